The molecule has 0 heterocycles. The van der Waals surface area contributed by atoms with E-state index < -0.39 is 0 Å². The standard InChI is InChI=1S/C76H54N4O6S3/c1-3-5-43-85-73(81)61-31-15-27-57-65(61)49-19-7-11-23-53(49)69(57)77-79-71-55-25-13-9-21-51(55)67-59(71)29-17-33-63(67)75(83)88-47-39-35-45(36-40-47)87-46-37-41-48(42-38-46)89-76(84)64-34-18-30-60-68(64)52-22-10-14-26-56(52)72(60)80-78-70-54-24-12-8-20-50(54)66-58(70)28-16-32-62(66)74(82)86-44-6-4-2/h7-42H,3-6,43-44H2,1-2H3/b77-69+,78-70+,79-71+,80-72+. The van der Waals surface area contributed by atoms with E-state index in [9.17, 15) is 19.2 Å². The number of fused-ring (bicyclic) bond motifs is 12. The van der Waals surface area contributed by atoms with Crippen LogP contribution in [0.3, 0.4) is 0 Å². The monoisotopic (exact) mass is 1210 g/mol. The molecule has 0 unspecified atom stereocenters. The van der Waals surface area contributed by atoms with E-state index in [1.54, 1.807) is 11.8 Å². The van der Waals surface area contributed by atoms with Gasteiger partial charge in [-0.25, -0.2) is 9.59 Å². The summed E-state index contributed by atoms with van der Waals surface area (Å²) < 4.78 is 11.3. The summed E-state index contributed by atoms with van der Waals surface area (Å²) in [5, 5.41) is 19.7. The molecule has 432 valence electrons. The highest BCUT2D eigenvalue weighted by atomic mass is 32.2. The molecule has 0 atom stereocenters. The minimum atomic E-state index is -0.356. The van der Waals surface area contributed by atoms with Crippen LogP contribution in [0.15, 0.2) is 258 Å². The van der Waals surface area contributed by atoms with Crippen molar-refractivity contribution in [2.75, 3.05) is 13.2 Å². The largest absolute Gasteiger partial charge is 0.462 e. The molecule has 10 aromatic carbocycles. The third-order valence-electron chi connectivity index (χ3n) is 16.2. The maximum atomic E-state index is 14.4. The van der Waals surface area contributed by atoms with Gasteiger partial charge in [-0.2, -0.15) is 0 Å². The molecular weight excluding hydrogens is 1160 g/mol. The van der Waals surface area contributed by atoms with Crippen LogP contribution >= 0.6 is 35.3 Å². The van der Waals surface area contributed by atoms with Crippen LogP contribution in [0, 0.1) is 0 Å². The van der Waals surface area contributed by atoms with E-state index in [2.05, 4.69) is 13.8 Å². The molecular formula is C76H54N4O6S3. The van der Waals surface area contributed by atoms with Crippen molar-refractivity contribution in [2.24, 2.45) is 20.4 Å². The number of carbonyl (C=O) groups excluding carboxylic acids is 4. The zero-order valence-corrected chi connectivity index (χ0v) is 50.9. The number of carbonyl (C=O) groups is 4. The Kier molecular flexibility index (Phi) is 15.9. The van der Waals surface area contributed by atoms with Gasteiger partial charge in [0, 0.05) is 97.5 Å². The van der Waals surface area contributed by atoms with E-state index in [0.717, 1.165) is 134 Å². The fraction of sp³-hybridized carbons (Fsp3) is 0.105. The predicted octanol–water partition coefficient (Wildman–Crippen LogP) is 18.1. The molecule has 13 heteroatoms. The Balaban J connectivity index is 0.664. The lowest BCUT2D eigenvalue weighted by atomic mass is 9.99. The first-order valence-electron chi connectivity index (χ1n) is 29.7. The molecule has 0 spiro atoms. The lowest BCUT2D eigenvalue weighted by Crippen LogP contribution is -2.08. The quantitative estimate of drug-likeness (QED) is 0.0401. The Bertz CT molecular complexity index is 4400. The van der Waals surface area contributed by atoms with Crippen LogP contribution in [0.1, 0.15) is 125 Å². The van der Waals surface area contributed by atoms with Crippen molar-refractivity contribution in [2.45, 2.75) is 59.1 Å². The van der Waals surface area contributed by atoms with E-state index in [4.69, 9.17) is 29.9 Å². The Labute approximate surface area is 528 Å². The summed E-state index contributed by atoms with van der Waals surface area (Å²) in [6, 6.07) is 70.6. The van der Waals surface area contributed by atoms with Crippen molar-refractivity contribution in [3.63, 3.8) is 0 Å². The summed E-state index contributed by atoms with van der Waals surface area (Å²) in [6.07, 6.45) is 3.44. The number of hydrogen-bond acceptors (Lipinski definition) is 13. The van der Waals surface area contributed by atoms with E-state index >= 15 is 0 Å². The Hall–Kier alpha value is -9.79. The van der Waals surface area contributed by atoms with Gasteiger partial charge in [-0.1, -0.05) is 184 Å². The molecule has 0 saturated heterocycles. The minimum absolute atomic E-state index is 0.0898. The van der Waals surface area contributed by atoms with Gasteiger partial charge < -0.3 is 9.47 Å². The number of nitrogens with zero attached hydrogens (tertiary/aromatic N) is 4. The van der Waals surface area contributed by atoms with Crippen LogP contribution in [-0.2, 0) is 9.47 Å². The number of esters is 2. The van der Waals surface area contributed by atoms with Crippen LogP contribution < -0.4 is 0 Å². The highest BCUT2D eigenvalue weighted by Crippen LogP contribution is 2.46. The number of ether oxygens (including phenoxy) is 2. The van der Waals surface area contributed by atoms with Gasteiger partial charge in [-0.3, -0.25) is 9.59 Å². The van der Waals surface area contributed by atoms with E-state index in [1.807, 2.05) is 218 Å². The molecule has 10 aromatic rings. The lowest BCUT2D eigenvalue weighted by Gasteiger charge is -2.09. The molecule has 0 N–H and O–H groups in total. The van der Waals surface area contributed by atoms with Gasteiger partial charge in [0.2, 0.25) is 10.2 Å². The minimum Gasteiger partial charge on any atom is -0.462 e. The van der Waals surface area contributed by atoms with Crippen molar-refractivity contribution in [3.05, 3.63) is 285 Å². The fourth-order valence-corrected chi connectivity index (χ4v) is 14.4. The lowest BCUT2D eigenvalue weighted by molar-refractivity contribution is 0.0491. The molecule has 4 aliphatic rings. The number of thioether (sulfide) groups is 2. The highest BCUT2D eigenvalue weighted by Gasteiger charge is 2.35. The van der Waals surface area contributed by atoms with Crippen molar-refractivity contribution < 1.29 is 28.7 Å². The normalized spacial score (nSPS) is 14.4. The summed E-state index contributed by atoms with van der Waals surface area (Å²) in [4.78, 5) is 59.2. The molecule has 4 aliphatic carbocycles. The maximum absolute atomic E-state index is 14.4. The second-order valence-corrected chi connectivity index (χ2v) is 24.9. The summed E-state index contributed by atoms with van der Waals surface area (Å²) in [6.45, 7) is 4.85. The first-order chi connectivity index (χ1) is 43.8. The van der Waals surface area contributed by atoms with Crippen molar-refractivity contribution in [1.82, 2.24) is 0 Å². The Morgan fingerprint density at radius 2 is 0.562 bits per heavy atom. The molecule has 0 amide bonds. The van der Waals surface area contributed by atoms with Crippen LogP contribution in [0.2, 0.25) is 0 Å². The molecule has 10 nitrogen and oxygen atoms in total. The third kappa shape index (κ3) is 10.7. The zero-order chi connectivity index (χ0) is 60.5. The number of benzene rings is 10. The van der Waals surface area contributed by atoms with Crippen LogP contribution in [-0.4, -0.2) is 58.2 Å². The van der Waals surface area contributed by atoms with Gasteiger partial charge in [0.1, 0.15) is 22.8 Å². The van der Waals surface area contributed by atoms with Gasteiger partial charge in [0.25, 0.3) is 0 Å². The van der Waals surface area contributed by atoms with Gasteiger partial charge in [-0.15, -0.1) is 20.4 Å². The zero-order valence-electron chi connectivity index (χ0n) is 48.5. The molecule has 0 radical (unpaired) electrons. The smallest absolute Gasteiger partial charge is 0.338 e. The summed E-state index contributed by atoms with van der Waals surface area (Å²) in [5.74, 6) is -0.713. The van der Waals surface area contributed by atoms with Gasteiger partial charge >= 0.3 is 11.9 Å². The summed E-state index contributed by atoms with van der Waals surface area (Å²) in [5.41, 5.74) is 18.5. The van der Waals surface area contributed by atoms with Crippen LogP contribution in [0.4, 0.5) is 0 Å². The van der Waals surface area contributed by atoms with E-state index in [-0.39, 0.29) is 22.2 Å². The van der Waals surface area contributed by atoms with Gasteiger partial charge in [0.15, 0.2) is 0 Å². The molecule has 14 rings (SSSR count). The average Bonchev–Trinajstić information content (AvgIpc) is 1.69. The maximum Gasteiger partial charge on any atom is 0.338 e. The molecule has 0 aromatic heterocycles. The van der Waals surface area contributed by atoms with Crippen molar-refractivity contribution in [3.8, 4) is 44.5 Å². The van der Waals surface area contributed by atoms with Crippen molar-refractivity contribution in [1.29, 1.82) is 0 Å². The Morgan fingerprint density at radius 1 is 0.303 bits per heavy atom. The van der Waals surface area contributed by atoms with Crippen LogP contribution in [0.25, 0.3) is 44.5 Å². The second-order valence-electron chi connectivity index (χ2n) is 21.7. The average molecular weight is 1220 g/mol. The molecule has 0 aliphatic heterocycles. The van der Waals surface area contributed by atoms with Gasteiger partial charge in [-0.05, 0) is 131 Å². The SMILES string of the molecule is CCCCOC(=O)c1cccc2c1-c1ccccc1/C2=N\N=C1/c2ccccc2-c2c(C(=O)Sc3ccc(Sc4ccc(SC(=O)c5cccc6c5-c5ccccc5/C6=N\N=C5/c6ccccc6-c6c(C(=O)OCCCC)cccc65)cc4)cc3)cccc21. The van der Waals surface area contributed by atoms with Crippen molar-refractivity contribution >= 4 is 80.3 Å². The first-order valence-corrected chi connectivity index (χ1v) is 32.1. The molecule has 0 saturated carbocycles. The predicted molar refractivity (Wildman–Crippen MR) is 358 cm³/mol. The number of hydrogen-bond donors (Lipinski definition) is 0. The summed E-state index contributed by atoms with van der Waals surface area (Å²) >= 11 is 3.97. The van der Waals surface area contributed by atoms with E-state index in [1.165, 1.54) is 23.5 Å². The molecule has 89 heavy (non-hydrogen) atoms. The molecule has 0 bridgehead atoms. The number of rotatable bonds is 16. The fourth-order valence-electron chi connectivity index (χ4n) is 12.1. The third-order valence-corrected chi connectivity index (χ3v) is 19.1. The van der Waals surface area contributed by atoms with Crippen LogP contribution in [0.5, 0.6) is 0 Å². The summed E-state index contributed by atoms with van der Waals surface area (Å²) in [7, 11) is 0. The number of unbranched alkanes of at least 4 members (excludes halogenated alkanes) is 2. The van der Waals surface area contributed by atoms with E-state index in [0.29, 0.717) is 58.3 Å². The molecule has 0 fully saturated rings. The van der Waals surface area contributed by atoms with Gasteiger partial charge in [0.05, 0.1) is 24.3 Å². The Morgan fingerprint density at radius 3 is 0.865 bits per heavy atom. The topological polar surface area (TPSA) is 136 Å². The highest BCUT2D eigenvalue weighted by molar-refractivity contribution is 8.14. The second kappa shape index (κ2) is 24.8. The first kappa shape index (κ1) is 57.0.